The molecule has 0 aliphatic carbocycles. The highest BCUT2D eigenvalue weighted by molar-refractivity contribution is 5.82. The molecule has 0 aromatic carbocycles. The Bertz CT molecular complexity index is 244. The molecule has 0 spiro atoms. The molecule has 17 heavy (non-hydrogen) atoms. The smallest absolute Gasteiger partial charge is 0.320 e. The van der Waals surface area contributed by atoms with E-state index in [-0.39, 0.29) is 5.91 Å². The number of carbonyl (C=O) groups excluding carboxylic acids is 1. The van der Waals surface area contributed by atoms with Crippen molar-refractivity contribution in [3.63, 3.8) is 0 Å². The number of nitrogens with one attached hydrogen (secondary N) is 2. The molecule has 0 unspecified atom stereocenters. The molecule has 2 atom stereocenters. The Morgan fingerprint density at radius 3 is 2.35 bits per heavy atom. The van der Waals surface area contributed by atoms with Crippen molar-refractivity contribution in [2.75, 3.05) is 6.54 Å². The summed E-state index contributed by atoms with van der Waals surface area (Å²) in [6, 6.07) is -1.12. The van der Waals surface area contributed by atoms with E-state index >= 15 is 0 Å². The van der Waals surface area contributed by atoms with E-state index in [0.717, 1.165) is 19.3 Å². The van der Waals surface area contributed by atoms with Gasteiger partial charge in [0.15, 0.2) is 0 Å². The number of carboxylic acids is 1. The fourth-order valence-electron chi connectivity index (χ4n) is 1.49. The highest BCUT2D eigenvalue weighted by Crippen LogP contribution is 1.99. The number of aliphatic carboxylic acids is 1. The molecule has 100 valence electrons. The average molecular weight is 244 g/mol. The van der Waals surface area contributed by atoms with E-state index in [4.69, 9.17) is 5.11 Å². The van der Waals surface area contributed by atoms with Crippen molar-refractivity contribution in [1.82, 2.24) is 10.6 Å². The van der Waals surface area contributed by atoms with Gasteiger partial charge in [0.05, 0.1) is 6.04 Å². The summed E-state index contributed by atoms with van der Waals surface area (Å²) in [5, 5.41) is 14.6. The third kappa shape index (κ3) is 6.94. The van der Waals surface area contributed by atoms with E-state index in [1.54, 1.807) is 6.92 Å². The van der Waals surface area contributed by atoms with Crippen LogP contribution in [-0.2, 0) is 9.59 Å². The van der Waals surface area contributed by atoms with Crippen molar-refractivity contribution in [3.8, 4) is 0 Å². The third-order valence-corrected chi connectivity index (χ3v) is 2.55. The summed E-state index contributed by atoms with van der Waals surface area (Å²) in [6.45, 7) is 6.30. The fraction of sp³-hybridized carbons (Fsp3) is 0.833. The van der Waals surface area contributed by atoms with Crippen molar-refractivity contribution in [3.05, 3.63) is 0 Å². The normalized spacial score (nSPS) is 14.1. The average Bonchev–Trinajstić information content (AvgIpc) is 2.28. The number of amides is 1. The number of rotatable bonds is 9. The lowest BCUT2D eigenvalue weighted by molar-refractivity contribution is -0.140. The molecule has 0 aromatic rings. The van der Waals surface area contributed by atoms with Gasteiger partial charge in [-0.2, -0.15) is 0 Å². The van der Waals surface area contributed by atoms with Crippen LogP contribution < -0.4 is 10.6 Å². The van der Waals surface area contributed by atoms with Crippen LogP contribution in [0.2, 0.25) is 0 Å². The standard InChI is InChI=1S/C12H24N2O3/c1-4-6-8-13-11(15)9(3)14-10(7-5-2)12(16)17/h9-10,14H,4-8H2,1-3H3,(H,13,15)(H,16,17)/t9-,10+/m0/s1. The summed E-state index contributed by atoms with van der Waals surface area (Å²) in [4.78, 5) is 22.5. The predicted octanol–water partition coefficient (Wildman–Crippen LogP) is 1.13. The monoisotopic (exact) mass is 244 g/mol. The van der Waals surface area contributed by atoms with Gasteiger partial charge in [-0.3, -0.25) is 14.9 Å². The number of unbranched alkanes of at least 4 members (excludes halogenated alkanes) is 1. The zero-order valence-corrected chi connectivity index (χ0v) is 11.0. The Morgan fingerprint density at radius 1 is 1.24 bits per heavy atom. The topological polar surface area (TPSA) is 78.4 Å². The van der Waals surface area contributed by atoms with Crippen LogP contribution in [0.5, 0.6) is 0 Å². The van der Waals surface area contributed by atoms with Gasteiger partial charge in [0.25, 0.3) is 0 Å². The summed E-state index contributed by atoms with van der Waals surface area (Å²) < 4.78 is 0. The maximum atomic E-state index is 11.6. The highest BCUT2D eigenvalue weighted by Gasteiger charge is 2.21. The maximum absolute atomic E-state index is 11.6. The van der Waals surface area contributed by atoms with Crippen LogP contribution in [0, 0.1) is 0 Å². The van der Waals surface area contributed by atoms with Gasteiger partial charge in [-0.25, -0.2) is 0 Å². The molecule has 1 amide bonds. The second-order valence-electron chi connectivity index (χ2n) is 4.21. The Morgan fingerprint density at radius 2 is 1.88 bits per heavy atom. The van der Waals surface area contributed by atoms with E-state index in [1.807, 2.05) is 6.92 Å². The second-order valence-corrected chi connectivity index (χ2v) is 4.21. The summed E-state index contributed by atoms with van der Waals surface area (Å²) in [6.07, 6.45) is 3.27. The minimum Gasteiger partial charge on any atom is -0.480 e. The molecule has 3 N–H and O–H groups in total. The number of hydrogen-bond acceptors (Lipinski definition) is 3. The van der Waals surface area contributed by atoms with Gasteiger partial charge in [-0.05, 0) is 19.8 Å². The number of hydrogen-bond donors (Lipinski definition) is 3. The first-order chi connectivity index (χ1) is 8.02. The van der Waals surface area contributed by atoms with E-state index in [9.17, 15) is 9.59 Å². The first kappa shape index (κ1) is 15.9. The van der Waals surface area contributed by atoms with Gasteiger partial charge in [-0.1, -0.05) is 26.7 Å². The van der Waals surface area contributed by atoms with Crippen molar-refractivity contribution < 1.29 is 14.7 Å². The first-order valence-electron chi connectivity index (χ1n) is 6.29. The Hall–Kier alpha value is -1.10. The SMILES string of the molecule is CCCCNC(=O)[C@H](C)N[C@H](CCC)C(=O)O. The Kier molecular flexibility index (Phi) is 8.40. The minimum atomic E-state index is -0.903. The zero-order valence-electron chi connectivity index (χ0n) is 11.0. The predicted molar refractivity (Wildman–Crippen MR) is 66.8 cm³/mol. The van der Waals surface area contributed by atoms with Crippen molar-refractivity contribution in [1.29, 1.82) is 0 Å². The largest absolute Gasteiger partial charge is 0.480 e. The molecule has 0 bridgehead atoms. The molecule has 0 aliphatic heterocycles. The fourth-order valence-corrected chi connectivity index (χ4v) is 1.49. The van der Waals surface area contributed by atoms with Gasteiger partial charge in [-0.15, -0.1) is 0 Å². The lowest BCUT2D eigenvalue weighted by Crippen LogP contribution is -2.49. The zero-order chi connectivity index (χ0) is 13.3. The molecule has 0 rings (SSSR count). The molecule has 0 aromatic heterocycles. The van der Waals surface area contributed by atoms with Crippen molar-refractivity contribution >= 4 is 11.9 Å². The van der Waals surface area contributed by atoms with Crippen LogP contribution in [0.1, 0.15) is 46.5 Å². The number of carbonyl (C=O) groups is 2. The summed E-state index contributed by atoms with van der Waals surface area (Å²) in [5.41, 5.74) is 0. The van der Waals surface area contributed by atoms with E-state index in [1.165, 1.54) is 0 Å². The van der Waals surface area contributed by atoms with E-state index in [0.29, 0.717) is 13.0 Å². The maximum Gasteiger partial charge on any atom is 0.320 e. The van der Waals surface area contributed by atoms with Crippen LogP contribution in [0.25, 0.3) is 0 Å². The lowest BCUT2D eigenvalue weighted by atomic mass is 10.1. The molecular weight excluding hydrogens is 220 g/mol. The quantitative estimate of drug-likeness (QED) is 0.531. The minimum absolute atomic E-state index is 0.138. The molecule has 0 saturated heterocycles. The molecule has 0 aliphatic rings. The van der Waals surface area contributed by atoms with E-state index < -0.39 is 18.1 Å². The van der Waals surface area contributed by atoms with Crippen molar-refractivity contribution in [2.45, 2.75) is 58.5 Å². The highest BCUT2D eigenvalue weighted by atomic mass is 16.4. The van der Waals surface area contributed by atoms with Crippen LogP contribution >= 0.6 is 0 Å². The third-order valence-electron chi connectivity index (χ3n) is 2.55. The Labute approximate surface area is 103 Å². The molecular formula is C12H24N2O3. The molecule has 0 fully saturated rings. The molecule has 0 saturated carbocycles. The van der Waals surface area contributed by atoms with Crippen LogP contribution in [0.3, 0.4) is 0 Å². The van der Waals surface area contributed by atoms with E-state index in [2.05, 4.69) is 17.6 Å². The molecule has 5 nitrogen and oxygen atoms in total. The van der Waals surface area contributed by atoms with Gasteiger partial charge < -0.3 is 10.4 Å². The van der Waals surface area contributed by atoms with Gasteiger partial charge in [0.2, 0.25) is 5.91 Å². The van der Waals surface area contributed by atoms with Gasteiger partial charge in [0.1, 0.15) is 6.04 Å². The van der Waals surface area contributed by atoms with Gasteiger partial charge >= 0.3 is 5.97 Å². The number of carboxylic acid groups (broad SMARTS) is 1. The van der Waals surface area contributed by atoms with Crippen molar-refractivity contribution in [2.24, 2.45) is 0 Å². The van der Waals surface area contributed by atoms with Crippen LogP contribution in [0.15, 0.2) is 0 Å². The van der Waals surface area contributed by atoms with Crippen LogP contribution in [0.4, 0.5) is 0 Å². The lowest BCUT2D eigenvalue weighted by Gasteiger charge is -2.19. The summed E-state index contributed by atoms with van der Waals surface area (Å²) in [7, 11) is 0. The summed E-state index contributed by atoms with van der Waals surface area (Å²) in [5.74, 6) is -1.04. The molecule has 5 heteroatoms. The summed E-state index contributed by atoms with van der Waals surface area (Å²) >= 11 is 0. The Balaban J connectivity index is 4.06. The van der Waals surface area contributed by atoms with Gasteiger partial charge in [0, 0.05) is 6.54 Å². The molecule has 0 heterocycles. The van der Waals surface area contributed by atoms with Crippen LogP contribution in [-0.4, -0.2) is 35.6 Å². The second kappa shape index (κ2) is 8.98. The first-order valence-corrected chi connectivity index (χ1v) is 6.29. The molecule has 0 radical (unpaired) electrons.